The summed E-state index contributed by atoms with van der Waals surface area (Å²) in [5.74, 6) is 0. The van der Waals surface area contributed by atoms with Crippen LogP contribution in [0.15, 0.2) is 18.3 Å². The van der Waals surface area contributed by atoms with Gasteiger partial charge in [-0.25, -0.2) is 13.6 Å². The SMILES string of the molecule is O=C(O)Nc1ccc(C(F)F)nc1. The van der Waals surface area contributed by atoms with Gasteiger partial charge in [-0.2, -0.15) is 0 Å². The molecule has 0 fully saturated rings. The number of rotatable bonds is 2. The molecule has 0 radical (unpaired) electrons. The Morgan fingerprint density at radius 1 is 1.54 bits per heavy atom. The molecule has 13 heavy (non-hydrogen) atoms. The van der Waals surface area contributed by atoms with Crippen LogP contribution in [0.5, 0.6) is 0 Å². The van der Waals surface area contributed by atoms with Gasteiger partial charge in [-0.3, -0.25) is 10.3 Å². The molecule has 0 aliphatic heterocycles. The number of carbonyl (C=O) groups is 1. The Labute approximate surface area is 72.2 Å². The molecule has 0 unspecified atom stereocenters. The lowest BCUT2D eigenvalue weighted by atomic mass is 10.3. The van der Waals surface area contributed by atoms with Crippen LogP contribution in [0.2, 0.25) is 0 Å². The van der Waals surface area contributed by atoms with Gasteiger partial charge in [-0.05, 0) is 12.1 Å². The standard InChI is InChI=1S/C7H6F2N2O2/c8-6(9)5-2-1-4(3-10-5)11-7(12)13/h1-3,6,11H,(H,12,13). The molecule has 0 bridgehead atoms. The lowest BCUT2D eigenvalue weighted by Gasteiger charge is -2.01. The highest BCUT2D eigenvalue weighted by Gasteiger charge is 2.07. The average molecular weight is 188 g/mol. The first-order valence-corrected chi connectivity index (χ1v) is 3.33. The van der Waals surface area contributed by atoms with E-state index >= 15 is 0 Å². The monoisotopic (exact) mass is 188 g/mol. The topological polar surface area (TPSA) is 62.2 Å². The first-order valence-electron chi connectivity index (χ1n) is 3.33. The van der Waals surface area contributed by atoms with E-state index < -0.39 is 12.5 Å². The molecule has 0 aliphatic carbocycles. The van der Waals surface area contributed by atoms with Gasteiger partial charge in [0.15, 0.2) is 0 Å². The number of pyridine rings is 1. The second kappa shape index (κ2) is 3.79. The van der Waals surface area contributed by atoms with Crippen molar-refractivity contribution >= 4 is 11.8 Å². The zero-order valence-electron chi connectivity index (χ0n) is 6.37. The van der Waals surface area contributed by atoms with Crippen molar-refractivity contribution in [2.45, 2.75) is 6.43 Å². The average Bonchev–Trinajstić information content (AvgIpc) is 2.04. The zero-order valence-corrected chi connectivity index (χ0v) is 6.37. The number of nitrogens with one attached hydrogen (secondary N) is 1. The van der Waals surface area contributed by atoms with Crippen molar-refractivity contribution in [1.29, 1.82) is 0 Å². The fraction of sp³-hybridized carbons (Fsp3) is 0.143. The van der Waals surface area contributed by atoms with Gasteiger partial charge in [0.1, 0.15) is 5.69 Å². The highest BCUT2D eigenvalue weighted by molar-refractivity contribution is 5.82. The van der Waals surface area contributed by atoms with Gasteiger partial charge in [0.05, 0.1) is 11.9 Å². The van der Waals surface area contributed by atoms with E-state index in [1.807, 2.05) is 5.32 Å². The molecule has 0 saturated heterocycles. The predicted molar refractivity (Wildman–Crippen MR) is 40.8 cm³/mol. The molecule has 1 rings (SSSR count). The van der Waals surface area contributed by atoms with Crippen molar-refractivity contribution in [3.05, 3.63) is 24.0 Å². The first-order chi connectivity index (χ1) is 6.09. The summed E-state index contributed by atoms with van der Waals surface area (Å²) in [6, 6.07) is 2.29. The van der Waals surface area contributed by atoms with Crippen molar-refractivity contribution in [2.75, 3.05) is 5.32 Å². The lowest BCUT2D eigenvalue weighted by Crippen LogP contribution is -2.07. The molecule has 70 valence electrons. The smallest absolute Gasteiger partial charge is 0.409 e. The minimum absolute atomic E-state index is 0.164. The Morgan fingerprint density at radius 2 is 2.23 bits per heavy atom. The summed E-state index contributed by atoms with van der Waals surface area (Å²) in [6.07, 6.45) is -2.86. The van der Waals surface area contributed by atoms with Crippen LogP contribution in [-0.4, -0.2) is 16.2 Å². The van der Waals surface area contributed by atoms with Gasteiger partial charge >= 0.3 is 6.09 Å². The largest absolute Gasteiger partial charge is 0.465 e. The maximum Gasteiger partial charge on any atom is 0.409 e. The van der Waals surface area contributed by atoms with Crippen molar-refractivity contribution in [3.63, 3.8) is 0 Å². The van der Waals surface area contributed by atoms with Crippen molar-refractivity contribution in [3.8, 4) is 0 Å². The lowest BCUT2D eigenvalue weighted by molar-refractivity contribution is 0.146. The number of nitrogens with zero attached hydrogens (tertiary/aromatic N) is 1. The molecule has 0 atom stereocenters. The Hall–Kier alpha value is -1.72. The summed E-state index contributed by atoms with van der Waals surface area (Å²) in [6.45, 7) is 0. The van der Waals surface area contributed by atoms with E-state index in [2.05, 4.69) is 4.98 Å². The maximum atomic E-state index is 12.0. The maximum absolute atomic E-state index is 12.0. The van der Waals surface area contributed by atoms with Crippen LogP contribution in [0.4, 0.5) is 19.3 Å². The molecule has 1 aromatic rings. The summed E-state index contributed by atoms with van der Waals surface area (Å²) in [5.41, 5.74) is -0.215. The number of hydrogen-bond acceptors (Lipinski definition) is 2. The molecule has 4 nitrogen and oxygen atoms in total. The molecular weight excluding hydrogens is 182 g/mol. The van der Waals surface area contributed by atoms with E-state index in [1.54, 1.807) is 0 Å². The Morgan fingerprint density at radius 3 is 2.62 bits per heavy atom. The van der Waals surface area contributed by atoms with Crippen LogP contribution in [0.25, 0.3) is 0 Å². The van der Waals surface area contributed by atoms with Crippen LogP contribution in [0, 0.1) is 0 Å². The summed E-state index contributed by atoms with van der Waals surface area (Å²) in [4.78, 5) is 13.5. The third-order valence-electron chi connectivity index (χ3n) is 1.26. The van der Waals surface area contributed by atoms with E-state index in [-0.39, 0.29) is 11.4 Å². The number of anilines is 1. The number of alkyl halides is 2. The highest BCUT2D eigenvalue weighted by Crippen LogP contribution is 2.17. The first kappa shape index (κ1) is 9.37. The molecule has 0 spiro atoms. The zero-order chi connectivity index (χ0) is 9.84. The van der Waals surface area contributed by atoms with Crippen molar-refractivity contribution < 1.29 is 18.7 Å². The third-order valence-corrected chi connectivity index (χ3v) is 1.26. The molecule has 1 amide bonds. The second-order valence-electron chi connectivity index (χ2n) is 2.20. The van der Waals surface area contributed by atoms with Crippen LogP contribution in [0.1, 0.15) is 12.1 Å². The summed E-state index contributed by atoms with van der Waals surface area (Å²) < 4.78 is 23.9. The molecule has 0 aromatic carbocycles. The Bertz CT molecular complexity index is 300. The minimum atomic E-state index is -2.64. The van der Waals surface area contributed by atoms with Gasteiger partial charge in [0.25, 0.3) is 6.43 Å². The second-order valence-corrected chi connectivity index (χ2v) is 2.20. The van der Waals surface area contributed by atoms with Gasteiger partial charge in [-0.1, -0.05) is 0 Å². The highest BCUT2D eigenvalue weighted by atomic mass is 19.3. The molecule has 2 N–H and O–H groups in total. The number of amides is 1. The minimum Gasteiger partial charge on any atom is -0.465 e. The van der Waals surface area contributed by atoms with E-state index in [0.717, 1.165) is 12.3 Å². The fourth-order valence-corrected chi connectivity index (χ4v) is 0.732. The molecule has 6 heteroatoms. The number of carboxylic acid groups (broad SMARTS) is 1. The molecule has 1 heterocycles. The van der Waals surface area contributed by atoms with Gasteiger partial charge < -0.3 is 5.11 Å². The number of aromatic nitrogens is 1. The predicted octanol–water partition coefficient (Wildman–Crippen LogP) is 2.11. The summed E-state index contributed by atoms with van der Waals surface area (Å²) >= 11 is 0. The fourth-order valence-electron chi connectivity index (χ4n) is 0.732. The third kappa shape index (κ3) is 2.66. The molecule has 0 aliphatic rings. The van der Waals surface area contributed by atoms with Crippen molar-refractivity contribution in [2.24, 2.45) is 0 Å². The summed E-state index contributed by atoms with van der Waals surface area (Å²) in [7, 11) is 0. The quantitative estimate of drug-likeness (QED) is 0.747. The van der Waals surface area contributed by atoms with Crippen LogP contribution >= 0.6 is 0 Å². The van der Waals surface area contributed by atoms with Gasteiger partial charge in [-0.15, -0.1) is 0 Å². The van der Waals surface area contributed by atoms with E-state index in [4.69, 9.17) is 5.11 Å². The number of halogens is 2. The Balaban J connectivity index is 2.75. The van der Waals surface area contributed by atoms with E-state index in [9.17, 15) is 13.6 Å². The van der Waals surface area contributed by atoms with E-state index in [1.165, 1.54) is 6.07 Å². The summed E-state index contributed by atoms with van der Waals surface area (Å²) in [5, 5.41) is 10.2. The molecule has 0 saturated carbocycles. The molecule has 1 aromatic heterocycles. The van der Waals surface area contributed by atoms with Crippen LogP contribution in [0.3, 0.4) is 0 Å². The van der Waals surface area contributed by atoms with Crippen LogP contribution in [-0.2, 0) is 0 Å². The van der Waals surface area contributed by atoms with Gasteiger partial charge in [0, 0.05) is 0 Å². The normalized spacial score (nSPS) is 10.1. The number of hydrogen-bond donors (Lipinski definition) is 2. The van der Waals surface area contributed by atoms with Gasteiger partial charge in [0.2, 0.25) is 0 Å². The Kier molecular flexibility index (Phi) is 2.73. The van der Waals surface area contributed by atoms with E-state index in [0.29, 0.717) is 0 Å². The van der Waals surface area contributed by atoms with Crippen LogP contribution < -0.4 is 5.32 Å². The van der Waals surface area contributed by atoms with Crippen molar-refractivity contribution in [1.82, 2.24) is 4.98 Å². The molecular formula is C7H6F2N2O2.